The van der Waals surface area contributed by atoms with Gasteiger partial charge in [0.15, 0.2) is 0 Å². The molecule has 0 aliphatic carbocycles. The first-order valence-electron chi connectivity index (χ1n) is 3.32. The number of benzene rings is 1. The molecule has 1 heterocycles. The summed E-state index contributed by atoms with van der Waals surface area (Å²) in [5, 5.41) is 8.62. The largest absolute Gasteiger partial charge is 0.382 e. The molecule has 0 atom stereocenters. The second kappa shape index (κ2) is 2.36. The van der Waals surface area contributed by atoms with Gasteiger partial charge in [-0.3, -0.25) is 0 Å². The maximum atomic E-state index is 8.62. The smallest absolute Gasteiger partial charge is 0.145 e. The number of fused-ring (bicyclic) bond motifs is 1. The highest BCUT2D eigenvalue weighted by atomic mass is 16.3. The fourth-order valence-electron chi connectivity index (χ4n) is 1.03. The van der Waals surface area contributed by atoms with Crippen LogP contribution in [-0.4, -0.2) is 15.1 Å². The first kappa shape index (κ1) is 6.37. The van der Waals surface area contributed by atoms with E-state index in [9.17, 15) is 0 Å². The quantitative estimate of drug-likeness (QED) is 0.641. The Morgan fingerprint density at radius 1 is 1.36 bits per heavy atom. The average molecular weight is 147 g/mol. The second-order valence-electron chi connectivity index (χ2n) is 2.27. The molecular weight excluding hydrogens is 140 g/mol. The first-order chi connectivity index (χ1) is 5.40. The van der Waals surface area contributed by atoms with Crippen molar-refractivity contribution in [3.8, 4) is 0 Å². The van der Waals surface area contributed by atoms with Crippen LogP contribution < -0.4 is 0 Å². The molecule has 0 saturated heterocycles. The number of aliphatic hydroxyl groups excluding tert-OH is 1. The molecule has 0 saturated carbocycles. The van der Waals surface area contributed by atoms with E-state index in [-0.39, 0.29) is 0 Å². The van der Waals surface area contributed by atoms with Gasteiger partial charge in [0.05, 0.1) is 11.0 Å². The Kier molecular flexibility index (Phi) is 1.36. The van der Waals surface area contributed by atoms with Crippen LogP contribution in [0.2, 0.25) is 0 Å². The molecule has 11 heavy (non-hydrogen) atoms. The van der Waals surface area contributed by atoms with Gasteiger partial charge in [-0.2, -0.15) is 0 Å². The van der Waals surface area contributed by atoms with Crippen LogP contribution in [0.3, 0.4) is 0 Å². The van der Waals surface area contributed by atoms with Crippen molar-refractivity contribution in [3.05, 3.63) is 36.7 Å². The zero-order chi connectivity index (χ0) is 7.68. The molecular formula is C8H7N2O. The molecule has 0 amide bonds. The SMILES string of the molecule is O[CH]c1nc2ccccc2[nH]1. The number of para-hydroxylation sites is 2. The van der Waals surface area contributed by atoms with Crippen molar-refractivity contribution in [2.24, 2.45) is 0 Å². The van der Waals surface area contributed by atoms with E-state index in [0.29, 0.717) is 5.82 Å². The molecule has 0 aliphatic rings. The molecule has 2 aromatic rings. The van der Waals surface area contributed by atoms with Crippen molar-refractivity contribution in [1.82, 2.24) is 9.97 Å². The molecule has 3 heteroatoms. The van der Waals surface area contributed by atoms with E-state index in [0.717, 1.165) is 17.6 Å². The van der Waals surface area contributed by atoms with Crippen molar-refractivity contribution in [3.63, 3.8) is 0 Å². The Labute approximate surface area is 63.7 Å². The molecule has 3 nitrogen and oxygen atoms in total. The number of imidazole rings is 1. The molecule has 1 radical (unpaired) electrons. The van der Waals surface area contributed by atoms with Gasteiger partial charge in [0.1, 0.15) is 12.4 Å². The summed E-state index contributed by atoms with van der Waals surface area (Å²) in [5.41, 5.74) is 1.81. The predicted molar refractivity (Wildman–Crippen MR) is 41.4 cm³/mol. The van der Waals surface area contributed by atoms with Crippen LogP contribution in [0, 0.1) is 6.61 Å². The molecule has 0 aliphatic heterocycles. The molecule has 2 rings (SSSR count). The molecule has 0 bridgehead atoms. The minimum Gasteiger partial charge on any atom is -0.382 e. The highest BCUT2D eigenvalue weighted by molar-refractivity contribution is 5.74. The van der Waals surface area contributed by atoms with Gasteiger partial charge in [-0.05, 0) is 12.1 Å². The van der Waals surface area contributed by atoms with Crippen LogP contribution >= 0.6 is 0 Å². The third-order valence-corrected chi connectivity index (χ3v) is 1.53. The Morgan fingerprint density at radius 2 is 2.18 bits per heavy atom. The zero-order valence-electron chi connectivity index (χ0n) is 5.78. The molecule has 1 aromatic carbocycles. The lowest BCUT2D eigenvalue weighted by atomic mass is 10.3. The van der Waals surface area contributed by atoms with Crippen molar-refractivity contribution in [1.29, 1.82) is 0 Å². The summed E-state index contributed by atoms with van der Waals surface area (Å²) < 4.78 is 0. The maximum absolute atomic E-state index is 8.62. The normalized spacial score (nSPS) is 10.6. The Balaban J connectivity index is 2.69. The van der Waals surface area contributed by atoms with Crippen molar-refractivity contribution < 1.29 is 5.11 Å². The van der Waals surface area contributed by atoms with Crippen LogP contribution in [0.1, 0.15) is 5.82 Å². The predicted octanol–water partition coefficient (Wildman–Crippen LogP) is 1.45. The standard InChI is InChI=1S/C8H7N2O/c11-5-8-9-6-3-1-2-4-7(6)10-8/h1-5,11H,(H,9,10). The van der Waals surface area contributed by atoms with Crippen LogP contribution in [0.25, 0.3) is 11.0 Å². The number of aromatic amines is 1. The minimum absolute atomic E-state index is 0.492. The minimum atomic E-state index is 0.492. The summed E-state index contributed by atoms with van der Waals surface area (Å²) in [6, 6.07) is 7.63. The summed E-state index contributed by atoms with van der Waals surface area (Å²) in [4.78, 5) is 7.00. The fourth-order valence-corrected chi connectivity index (χ4v) is 1.03. The summed E-state index contributed by atoms with van der Waals surface area (Å²) in [6.07, 6.45) is 0. The summed E-state index contributed by atoms with van der Waals surface area (Å²) >= 11 is 0. The number of aromatic nitrogens is 2. The van der Waals surface area contributed by atoms with Crippen LogP contribution in [0.5, 0.6) is 0 Å². The molecule has 0 spiro atoms. The molecule has 55 valence electrons. The lowest BCUT2D eigenvalue weighted by Gasteiger charge is -1.81. The Bertz CT molecular complexity index is 334. The Morgan fingerprint density at radius 3 is 2.91 bits per heavy atom. The van der Waals surface area contributed by atoms with E-state index in [1.165, 1.54) is 0 Å². The fraction of sp³-hybridized carbons (Fsp3) is 0. The Hall–Kier alpha value is -1.35. The lowest BCUT2D eigenvalue weighted by molar-refractivity contribution is 0.407. The van der Waals surface area contributed by atoms with Gasteiger partial charge in [-0.15, -0.1) is 0 Å². The van der Waals surface area contributed by atoms with Crippen LogP contribution in [0.15, 0.2) is 24.3 Å². The number of hydrogen-bond acceptors (Lipinski definition) is 2. The van der Waals surface area contributed by atoms with E-state index in [4.69, 9.17) is 5.11 Å². The zero-order valence-corrected chi connectivity index (χ0v) is 5.78. The summed E-state index contributed by atoms with van der Waals surface area (Å²) in [7, 11) is 0. The molecule has 1 aromatic heterocycles. The van der Waals surface area contributed by atoms with Crippen molar-refractivity contribution >= 4 is 11.0 Å². The van der Waals surface area contributed by atoms with Crippen molar-refractivity contribution in [2.75, 3.05) is 0 Å². The summed E-state index contributed by atoms with van der Waals surface area (Å²) in [5.74, 6) is 0.492. The third kappa shape index (κ3) is 0.991. The van der Waals surface area contributed by atoms with Gasteiger partial charge in [0.2, 0.25) is 0 Å². The van der Waals surface area contributed by atoms with E-state index in [1.807, 2.05) is 24.3 Å². The maximum Gasteiger partial charge on any atom is 0.145 e. The number of nitrogens with zero attached hydrogens (tertiary/aromatic N) is 1. The van der Waals surface area contributed by atoms with E-state index >= 15 is 0 Å². The average Bonchev–Trinajstić information content (AvgIpc) is 2.46. The third-order valence-electron chi connectivity index (χ3n) is 1.53. The van der Waals surface area contributed by atoms with E-state index in [2.05, 4.69) is 9.97 Å². The van der Waals surface area contributed by atoms with Crippen LogP contribution in [0.4, 0.5) is 0 Å². The molecule has 0 fully saturated rings. The van der Waals surface area contributed by atoms with Gasteiger partial charge in [0.25, 0.3) is 0 Å². The highest BCUT2D eigenvalue weighted by Crippen LogP contribution is 2.09. The van der Waals surface area contributed by atoms with Gasteiger partial charge in [-0.1, -0.05) is 12.1 Å². The van der Waals surface area contributed by atoms with Gasteiger partial charge < -0.3 is 10.1 Å². The number of rotatable bonds is 1. The number of hydrogen-bond donors (Lipinski definition) is 2. The number of nitrogens with one attached hydrogen (secondary N) is 1. The van der Waals surface area contributed by atoms with Crippen molar-refractivity contribution in [2.45, 2.75) is 0 Å². The monoisotopic (exact) mass is 147 g/mol. The van der Waals surface area contributed by atoms with Crippen LogP contribution in [-0.2, 0) is 0 Å². The molecule has 2 N–H and O–H groups in total. The van der Waals surface area contributed by atoms with Gasteiger partial charge in [0, 0.05) is 0 Å². The second-order valence-corrected chi connectivity index (χ2v) is 2.27. The van der Waals surface area contributed by atoms with E-state index in [1.54, 1.807) is 0 Å². The van der Waals surface area contributed by atoms with E-state index < -0.39 is 0 Å². The summed E-state index contributed by atoms with van der Waals surface area (Å²) in [6.45, 7) is 0.958. The van der Waals surface area contributed by atoms with Gasteiger partial charge in [-0.25, -0.2) is 4.98 Å². The first-order valence-corrected chi connectivity index (χ1v) is 3.32. The topological polar surface area (TPSA) is 48.9 Å². The lowest BCUT2D eigenvalue weighted by Crippen LogP contribution is -1.79. The number of aliphatic hydroxyl groups is 1. The number of H-pyrrole nitrogens is 1. The highest BCUT2D eigenvalue weighted by Gasteiger charge is 1.98. The molecule has 0 unspecified atom stereocenters. The van der Waals surface area contributed by atoms with Gasteiger partial charge >= 0.3 is 0 Å².